The highest BCUT2D eigenvalue weighted by Crippen LogP contribution is 2.15. The number of carbonyl (C=O) groups is 1. The maximum absolute atomic E-state index is 12.3. The van der Waals surface area contributed by atoms with Crippen LogP contribution < -0.4 is 5.32 Å². The zero-order valence-electron chi connectivity index (χ0n) is 13.1. The Morgan fingerprint density at radius 2 is 1.62 bits per heavy atom. The lowest BCUT2D eigenvalue weighted by atomic mass is 10.1. The third-order valence-electron chi connectivity index (χ3n) is 3.51. The summed E-state index contributed by atoms with van der Waals surface area (Å²) in [5.41, 5.74) is 5.09. The molecule has 2 rings (SSSR count). The van der Waals surface area contributed by atoms with E-state index in [1.54, 1.807) is 0 Å². The van der Waals surface area contributed by atoms with Gasteiger partial charge in [0.05, 0.1) is 0 Å². The van der Waals surface area contributed by atoms with Gasteiger partial charge in [-0.3, -0.25) is 4.79 Å². The molecule has 0 heterocycles. The van der Waals surface area contributed by atoms with Crippen LogP contribution in [0.4, 0.5) is 5.69 Å². The van der Waals surface area contributed by atoms with Crippen molar-refractivity contribution < 1.29 is 4.79 Å². The number of carbonyl (C=O) groups excluding carboxylic acids is 1. The Kier molecular flexibility index (Phi) is 5.15. The first-order valence-electron chi connectivity index (χ1n) is 7.57. The molecule has 21 heavy (non-hydrogen) atoms. The van der Waals surface area contributed by atoms with Gasteiger partial charge in [-0.2, -0.15) is 0 Å². The van der Waals surface area contributed by atoms with Crippen LogP contribution in [0.25, 0.3) is 0 Å². The van der Waals surface area contributed by atoms with Crippen LogP contribution in [0, 0.1) is 13.8 Å². The Morgan fingerprint density at radius 1 is 1.00 bits per heavy atom. The molecule has 2 aromatic rings. The number of benzene rings is 2. The second kappa shape index (κ2) is 7.07. The van der Waals surface area contributed by atoms with Crippen molar-refractivity contribution in [2.24, 2.45) is 0 Å². The summed E-state index contributed by atoms with van der Waals surface area (Å²) in [6.45, 7) is 6.21. The van der Waals surface area contributed by atoms with Crippen molar-refractivity contribution in [1.29, 1.82) is 0 Å². The van der Waals surface area contributed by atoms with Gasteiger partial charge in [-0.1, -0.05) is 42.7 Å². The predicted molar refractivity (Wildman–Crippen MR) is 88.9 cm³/mol. The topological polar surface area (TPSA) is 29.1 Å². The monoisotopic (exact) mass is 281 g/mol. The van der Waals surface area contributed by atoms with Crippen molar-refractivity contribution >= 4 is 11.6 Å². The van der Waals surface area contributed by atoms with Gasteiger partial charge in [0.15, 0.2) is 0 Å². The van der Waals surface area contributed by atoms with Gasteiger partial charge in [-0.15, -0.1) is 0 Å². The highest BCUT2D eigenvalue weighted by Gasteiger charge is 2.07. The quantitative estimate of drug-likeness (QED) is 0.830. The zero-order chi connectivity index (χ0) is 15.2. The molecule has 1 amide bonds. The van der Waals surface area contributed by atoms with Crippen LogP contribution in [0.5, 0.6) is 0 Å². The number of aryl methyl sites for hydroxylation is 3. The molecule has 1 N–H and O–H groups in total. The molecular weight excluding hydrogens is 258 g/mol. The molecule has 0 saturated carbocycles. The van der Waals surface area contributed by atoms with Gasteiger partial charge < -0.3 is 5.32 Å². The number of hydrogen-bond acceptors (Lipinski definition) is 1. The molecule has 2 nitrogen and oxygen atoms in total. The number of hydrogen-bond donors (Lipinski definition) is 1. The van der Waals surface area contributed by atoms with E-state index in [-0.39, 0.29) is 5.91 Å². The molecule has 0 radical (unpaired) electrons. The molecule has 0 atom stereocenters. The van der Waals surface area contributed by atoms with Gasteiger partial charge in [0, 0.05) is 11.3 Å². The van der Waals surface area contributed by atoms with E-state index in [0.717, 1.165) is 23.2 Å². The summed E-state index contributed by atoms with van der Waals surface area (Å²) in [6.07, 6.45) is 3.50. The van der Waals surface area contributed by atoms with Crippen molar-refractivity contribution in [3.8, 4) is 0 Å². The number of unbranched alkanes of at least 4 members (excludes halogenated alkanes) is 1. The Balaban J connectivity index is 2.05. The molecular formula is C19H23NO. The molecule has 0 aliphatic rings. The van der Waals surface area contributed by atoms with Crippen molar-refractivity contribution in [2.45, 2.75) is 40.0 Å². The molecule has 0 aliphatic heterocycles. The predicted octanol–water partition coefficient (Wildman–Crippen LogP) is 4.90. The Hall–Kier alpha value is -2.09. The van der Waals surface area contributed by atoms with Crippen LogP contribution in [-0.4, -0.2) is 5.91 Å². The van der Waals surface area contributed by atoms with Gasteiger partial charge in [-0.25, -0.2) is 0 Å². The lowest BCUT2D eigenvalue weighted by Gasteiger charge is -2.08. The largest absolute Gasteiger partial charge is 0.322 e. The molecule has 0 aromatic heterocycles. The van der Waals surface area contributed by atoms with Crippen molar-refractivity contribution in [2.75, 3.05) is 5.32 Å². The summed E-state index contributed by atoms with van der Waals surface area (Å²) < 4.78 is 0. The Bertz CT molecular complexity index is 594. The Labute approximate surface area is 127 Å². The van der Waals surface area contributed by atoms with E-state index in [9.17, 15) is 4.79 Å². The van der Waals surface area contributed by atoms with Gasteiger partial charge >= 0.3 is 0 Å². The third kappa shape index (κ3) is 4.45. The standard InChI is InChI=1S/C19H23NO/c1-4-5-6-16-7-9-18(10-8-16)20-19(21)17-12-14(2)11-15(3)13-17/h7-13H,4-6H2,1-3H3,(H,20,21). The summed E-state index contributed by atoms with van der Waals surface area (Å²) >= 11 is 0. The van der Waals surface area contributed by atoms with Crippen molar-refractivity contribution in [1.82, 2.24) is 0 Å². The van der Waals surface area contributed by atoms with E-state index in [1.807, 2.05) is 38.1 Å². The fourth-order valence-corrected chi connectivity index (χ4v) is 2.44. The fraction of sp³-hybridized carbons (Fsp3) is 0.316. The number of nitrogens with one attached hydrogen (secondary N) is 1. The van der Waals surface area contributed by atoms with E-state index < -0.39 is 0 Å². The van der Waals surface area contributed by atoms with Crippen LogP contribution >= 0.6 is 0 Å². The van der Waals surface area contributed by atoms with Gasteiger partial charge in [0.25, 0.3) is 5.91 Å². The van der Waals surface area contributed by atoms with Gasteiger partial charge in [0.2, 0.25) is 0 Å². The second-order valence-corrected chi connectivity index (χ2v) is 5.63. The maximum Gasteiger partial charge on any atom is 0.255 e. The molecule has 0 saturated heterocycles. The highest BCUT2D eigenvalue weighted by molar-refractivity contribution is 6.04. The van der Waals surface area contributed by atoms with Crippen LogP contribution in [-0.2, 0) is 6.42 Å². The normalized spacial score (nSPS) is 10.4. The smallest absolute Gasteiger partial charge is 0.255 e. The average molecular weight is 281 g/mol. The summed E-state index contributed by atoms with van der Waals surface area (Å²) in [4.78, 5) is 12.3. The maximum atomic E-state index is 12.3. The van der Waals surface area contributed by atoms with Gasteiger partial charge in [0.1, 0.15) is 0 Å². The average Bonchev–Trinajstić information content (AvgIpc) is 2.45. The first-order chi connectivity index (χ1) is 10.1. The fourth-order valence-electron chi connectivity index (χ4n) is 2.44. The van der Waals surface area contributed by atoms with Crippen LogP contribution in [0.15, 0.2) is 42.5 Å². The minimum atomic E-state index is -0.0527. The second-order valence-electron chi connectivity index (χ2n) is 5.63. The minimum Gasteiger partial charge on any atom is -0.322 e. The molecule has 2 heteroatoms. The summed E-state index contributed by atoms with van der Waals surface area (Å²) in [5.74, 6) is -0.0527. The number of rotatable bonds is 5. The molecule has 0 aliphatic carbocycles. The molecule has 2 aromatic carbocycles. The summed E-state index contributed by atoms with van der Waals surface area (Å²) in [5, 5.41) is 2.96. The van der Waals surface area contributed by atoms with Crippen LogP contribution in [0.1, 0.15) is 46.8 Å². The molecule has 0 fully saturated rings. The lowest BCUT2D eigenvalue weighted by molar-refractivity contribution is 0.102. The van der Waals surface area contributed by atoms with E-state index in [0.29, 0.717) is 5.56 Å². The first-order valence-corrected chi connectivity index (χ1v) is 7.57. The number of amides is 1. The van der Waals surface area contributed by atoms with Crippen LogP contribution in [0.3, 0.4) is 0 Å². The molecule has 0 unspecified atom stereocenters. The third-order valence-corrected chi connectivity index (χ3v) is 3.51. The first kappa shape index (κ1) is 15.3. The molecule has 0 bridgehead atoms. The van der Waals surface area contributed by atoms with Crippen molar-refractivity contribution in [3.05, 3.63) is 64.7 Å². The van der Waals surface area contributed by atoms with E-state index in [2.05, 4.69) is 30.4 Å². The number of anilines is 1. The van der Waals surface area contributed by atoms with Crippen LogP contribution in [0.2, 0.25) is 0 Å². The zero-order valence-corrected chi connectivity index (χ0v) is 13.1. The van der Waals surface area contributed by atoms with Gasteiger partial charge in [-0.05, 0) is 56.5 Å². The SMILES string of the molecule is CCCCc1ccc(NC(=O)c2cc(C)cc(C)c2)cc1. The summed E-state index contributed by atoms with van der Waals surface area (Å²) in [6, 6.07) is 14.0. The van der Waals surface area contributed by atoms with E-state index >= 15 is 0 Å². The van der Waals surface area contributed by atoms with E-state index in [1.165, 1.54) is 18.4 Å². The summed E-state index contributed by atoms with van der Waals surface area (Å²) in [7, 11) is 0. The Morgan fingerprint density at radius 3 is 2.19 bits per heavy atom. The van der Waals surface area contributed by atoms with E-state index in [4.69, 9.17) is 0 Å². The lowest BCUT2D eigenvalue weighted by Crippen LogP contribution is -2.12. The van der Waals surface area contributed by atoms with Crippen molar-refractivity contribution in [3.63, 3.8) is 0 Å². The molecule has 0 spiro atoms. The molecule has 110 valence electrons. The minimum absolute atomic E-state index is 0.0527. The highest BCUT2D eigenvalue weighted by atomic mass is 16.1.